The minimum absolute atomic E-state index is 0.0675. The van der Waals surface area contributed by atoms with Crippen molar-refractivity contribution in [3.8, 4) is 11.5 Å². The predicted molar refractivity (Wildman–Crippen MR) is 122 cm³/mol. The van der Waals surface area contributed by atoms with Gasteiger partial charge >= 0.3 is 0 Å². The molecular weight excluding hydrogens is 392 g/mol. The van der Waals surface area contributed by atoms with E-state index in [4.69, 9.17) is 15.2 Å². The molecule has 1 amide bonds. The summed E-state index contributed by atoms with van der Waals surface area (Å²) in [4.78, 5) is 21.5. The summed E-state index contributed by atoms with van der Waals surface area (Å²) in [6.45, 7) is 2.85. The van der Waals surface area contributed by atoms with Gasteiger partial charge in [-0.05, 0) is 42.0 Å². The number of nitrogens with two attached hydrogens (primary N) is 1. The highest BCUT2D eigenvalue weighted by Gasteiger charge is 2.24. The second-order valence-corrected chi connectivity index (χ2v) is 7.68. The van der Waals surface area contributed by atoms with Crippen molar-refractivity contribution >= 4 is 22.5 Å². The van der Waals surface area contributed by atoms with E-state index < -0.39 is 6.04 Å². The molecule has 7 nitrogen and oxygen atoms in total. The number of rotatable bonds is 6. The maximum atomic E-state index is 12.9. The third-order valence-electron chi connectivity index (χ3n) is 5.79. The van der Waals surface area contributed by atoms with E-state index in [1.165, 1.54) is 0 Å². The first-order valence-electron chi connectivity index (χ1n) is 10.4. The van der Waals surface area contributed by atoms with E-state index in [1.54, 1.807) is 20.4 Å². The van der Waals surface area contributed by atoms with Crippen LogP contribution in [-0.2, 0) is 4.79 Å². The summed E-state index contributed by atoms with van der Waals surface area (Å²) in [5.74, 6) is 1.69. The third kappa shape index (κ3) is 4.56. The Hall–Kier alpha value is -3.32. The molecule has 1 aromatic heterocycles. The van der Waals surface area contributed by atoms with Crippen LogP contribution in [0.2, 0.25) is 0 Å². The van der Waals surface area contributed by atoms with Crippen LogP contribution in [-0.4, -0.2) is 56.2 Å². The van der Waals surface area contributed by atoms with Gasteiger partial charge in [0.05, 0.1) is 25.4 Å². The fourth-order valence-electron chi connectivity index (χ4n) is 3.98. The van der Waals surface area contributed by atoms with Crippen LogP contribution in [0.1, 0.15) is 18.0 Å². The summed E-state index contributed by atoms with van der Waals surface area (Å²) in [7, 11) is 3.31. The summed E-state index contributed by atoms with van der Waals surface area (Å²) < 4.78 is 10.8. The Balaban J connectivity index is 1.38. The normalized spacial score (nSPS) is 15.1. The third-order valence-corrected chi connectivity index (χ3v) is 5.79. The van der Waals surface area contributed by atoms with Gasteiger partial charge in [-0.2, -0.15) is 0 Å². The Kier molecular flexibility index (Phi) is 6.23. The maximum absolute atomic E-state index is 12.9. The number of anilines is 1. The van der Waals surface area contributed by atoms with Gasteiger partial charge in [-0.1, -0.05) is 12.1 Å². The van der Waals surface area contributed by atoms with Crippen molar-refractivity contribution in [2.75, 3.05) is 45.3 Å². The minimum Gasteiger partial charge on any atom is -0.497 e. The van der Waals surface area contributed by atoms with Crippen LogP contribution in [0, 0.1) is 0 Å². The molecule has 0 aliphatic carbocycles. The maximum Gasteiger partial charge on any atom is 0.224 e. The molecule has 1 unspecified atom stereocenters. The zero-order valence-corrected chi connectivity index (χ0v) is 18.0. The lowest BCUT2D eigenvalue weighted by Crippen LogP contribution is -2.49. The standard InChI is InChI=1S/C24H28N4O3/c1-30-19-7-8-21-17(14-19)13-18(16-26-21)20(25)15-24(29)28-11-9-27(10-12-28)22-5-3-4-6-23(22)31-2/h3-8,13-14,16,20H,9-12,15,25H2,1-2H3. The first-order valence-corrected chi connectivity index (χ1v) is 10.4. The Bertz CT molecular complexity index is 1060. The van der Waals surface area contributed by atoms with Crippen molar-refractivity contribution in [3.63, 3.8) is 0 Å². The first-order chi connectivity index (χ1) is 15.1. The number of hydrogen-bond acceptors (Lipinski definition) is 6. The molecule has 162 valence electrons. The summed E-state index contributed by atoms with van der Waals surface area (Å²) in [6, 6.07) is 15.3. The number of pyridine rings is 1. The van der Waals surface area contributed by atoms with Gasteiger partial charge in [0, 0.05) is 50.2 Å². The van der Waals surface area contributed by atoms with Gasteiger partial charge in [0.15, 0.2) is 0 Å². The molecule has 4 rings (SSSR count). The highest BCUT2D eigenvalue weighted by Crippen LogP contribution is 2.29. The van der Waals surface area contributed by atoms with Crippen LogP contribution in [0.5, 0.6) is 11.5 Å². The van der Waals surface area contributed by atoms with Gasteiger partial charge in [0.2, 0.25) is 5.91 Å². The average molecular weight is 421 g/mol. The lowest BCUT2D eigenvalue weighted by atomic mass is 10.0. The SMILES string of the molecule is COc1ccc2ncc(C(N)CC(=O)N3CCN(c4ccccc4OC)CC3)cc2c1. The number of fused-ring (bicyclic) bond motifs is 1. The summed E-state index contributed by atoms with van der Waals surface area (Å²) >= 11 is 0. The van der Waals surface area contributed by atoms with Gasteiger partial charge in [-0.3, -0.25) is 9.78 Å². The number of methoxy groups -OCH3 is 2. The molecular formula is C24H28N4O3. The number of piperazine rings is 1. The summed E-state index contributed by atoms with van der Waals surface area (Å²) in [6.07, 6.45) is 2.01. The van der Waals surface area contributed by atoms with Crippen LogP contribution in [0.4, 0.5) is 5.69 Å². The number of hydrogen-bond donors (Lipinski definition) is 1. The van der Waals surface area contributed by atoms with Gasteiger partial charge in [-0.15, -0.1) is 0 Å². The molecule has 3 aromatic rings. The number of carbonyl (C=O) groups excluding carboxylic acids is 1. The number of benzene rings is 2. The average Bonchev–Trinajstić information content (AvgIpc) is 2.83. The van der Waals surface area contributed by atoms with Crippen molar-refractivity contribution in [2.24, 2.45) is 5.73 Å². The summed E-state index contributed by atoms with van der Waals surface area (Å²) in [5, 5.41) is 0.949. The topological polar surface area (TPSA) is 80.9 Å². The van der Waals surface area contributed by atoms with E-state index in [0.29, 0.717) is 13.1 Å². The molecule has 31 heavy (non-hydrogen) atoms. The van der Waals surface area contributed by atoms with Gasteiger partial charge in [0.1, 0.15) is 11.5 Å². The van der Waals surface area contributed by atoms with E-state index in [9.17, 15) is 4.79 Å². The van der Waals surface area contributed by atoms with Crippen LogP contribution in [0.15, 0.2) is 54.7 Å². The number of carbonyl (C=O) groups is 1. The largest absolute Gasteiger partial charge is 0.497 e. The molecule has 0 saturated carbocycles. The van der Waals surface area contributed by atoms with Crippen molar-refractivity contribution in [1.82, 2.24) is 9.88 Å². The molecule has 2 N–H and O–H groups in total. The van der Waals surface area contributed by atoms with Crippen molar-refractivity contribution < 1.29 is 14.3 Å². The first kappa shape index (κ1) is 20.9. The Morgan fingerprint density at radius 1 is 1.06 bits per heavy atom. The number of nitrogens with zero attached hydrogens (tertiary/aromatic N) is 3. The zero-order chi connectivity index (χ0) is 21.8. The van der Waals surface area contributed by atoms with Crippen LogP contribution >= 0.6 is 0 Å². The van der Waals surface area contributed by atoms with Crippen LogP contribution in [0.3, 0.4) is 0 Å². The lowest BCUT2D eigenvalue weighted by molar-refractivity contribution is -0.131. The van der Waals surface area contributed by atoms with E-state index in [0.717, 1.165) is 46.7 Å². The molecule has 0 spiro atoms. The second kappa shape index (κ2) is 9.22. The van der Waals surface area contributed by atoms with Crippen molar-refractivity contribution in [1.29, 1.82) is 0 Å². The number of aromatic nitrogens is 1. The molecule has 1 saturated heterocycles. The Morgan fingerprint density at radius 3 is 2.58 bits per heavy atom. The van der Waals surface area contributed by atoms with Gasteiger partial charge in [0.25, 0.3) is 0 Å². The smallest absolute Gasteiger partial charge is 0.224 e. The molecule has 0 bridgehead atoms. The van der Waals surface area contributed by atoms with Gasteiger partial charge in [-0.25, -0.2) is 0 Å². The fraction of sp³-hybridized carbons (Fsp3) is 0.333. The predicted octanol–water partition coefficient (Wildman–Crippen LogP) is 2.99. The van der Waals surface area contributed by atoms with E-state index in [1.807, 2.05) is 53.4 Å². The highest BCUT2D eigenvalue weighted by atomic mass is 16.5. The van der Waals surface area contributed by atoms with E-state index in [2.05, 4.69) is 9.88 Å². The van der Waals surface area contributed by atoms with Crippen LogP contribution in [0.25, 0.3) is 10.9 Å². The quantitative estimate of drug-likeness (QED) is 0.660. The monoisotopic (exact) mass is 420 g/mol. The van der Waals surface area contributed by atoms with E-state index in [-0.39, 0.29) is 12.3 Å². The molecule has 1 aliphatic heterocycles. The molecule has 2 aromatic carbocycles. The summed E-state index contributed by atoms with van der Waals surface area (Å²) in [5.41, 5.74) is 9.16. The van der Waals surface area contributed by atoms with Crippen molar-refractivity contribution in [3.05, 3.63) is 60.3 Å². The molecule has 7 heteroatoms. The Labute approximate surface area is 182 Å². The number of amides is 1. The second-order valence-electron chi connectivity index (χ2n) is 7.68. The molecule has 0 radical (unpaired) electrons. The van der Waals surface area contributed by atoms with Gasteiger partial charge < -0.3 is 25.0 Å². The molecule has 1 fully saturated rings. The Morgan fingerprint density at radius 2 is 1.84 bits per heavy atom. The number of ether oxygens (including phenoxy) is 2. The van der Waals surface area contributed by atoms with Crippen molar-refractivity contribution in [2.45, 2.75) is 12.5 Å². The molecule has 2 heterocycles. The fourth-order valence-corrected chi connectivity index (χ4v) is 3.98. The lowest BCUT2D eigenvalue weighted by Gasteiger charge is -2.37. The minimum atomic E-state index is -0.400. The van der Waals surface area contributed by atoms with Crippen LogP contribution < -0.4 is 20.1 Å². The molecule has 1 atom stereocenters. The highest BCUT2D eigenvalue weighted by molar-refractivity contribution is 5.81. The zero-order valence-electron chi connectivity index (χ0n) is 18.0. The number of para-hydroxylation sites is 2. The molecule has 1 aliphatic rings. The van der Waals surface area contributed by atoms with E-state index >= 15 is 0 Å².